The number of hydrogen-bond donors (Lipinski definition) is 9. The van der Waals surface area contributed by atoms with Gasteiger partial charge in [0.25, 0.3) is 5.91 Å². The Bertz CT molecular complexity index is 1290. The summed E-state index contributed by atoms with van der Waals surface area (Å²) in [5.74, 6) is -1.63. The van der Waals surface area contributed by atoms with Crippen molar-refractivity contribution >= 4 is 42.2 Å². The highest BCUT2D eigenvalue weighted by Crippen LogP contribution is 2.14. The molecule has 17 heteroatoms. The molecule has 0 aromatic heterocycles. The van der Waals surface area contributed by atoms with E-state index in [-0.39, 0.29) is 43.3 Å². The van der Waals surface area contributed by atoms with Gasteiger partial charge in [0.2, 0.25) is 11.8 Å². The van der Waals surface area contributed by atoms with Gasteiger partial charge in [0.15, 0.2) is 11.6 Å². The number of carboxylic acid groups (broad SMARTS) is 2. The number of hydrogen-bond acceptors (Lipinski definition) is 9. The number of halogens is 2. The molecule has 0 saturated heterocycles. The zero-order valence-electron chi connectivity index (χ0n) is 29.2. The van der Waals surface area contributed by atoms with E-state index in [1.54, 1.807) is 0 Å². The summed E-state index contributed by atoms with van der Waals surface area (Å²) >= 11 is 0. The summed E-state index contributed by atoms with van der Waals surface area (Å²) in [7, 11) is -2.17. The van der Waals surface area contributed by atoms with Crippen LogP contribution in [0.25, 0.3) is 0 Å². The van der Waals surface area contributed by atoms with Gasteiger partial charge in [0, 0.05) is 31.4 Å². The zero-order valence-corrected chi connectivity index (χ0v) is 29.2. The van der Waals surface area contributed by atoms with E-state index in [2.05, 4.69) is 21.4 Å². The number of carboxylic acids is 2. The van der Waals surface area contributed by atoms with Crippen molar-refractivity contribution < 1.29 is 53.0 Å². The Morgan fingerprint density at radius 1 is 0.725 bits per heavy atom. The molecule has 0 unspecified atom stereocenters. The molecule has 14 nitrogen and oxygen atoms in total. The second kappa shape index (κ2) is 26.7. The molecule has 3 amide bonds. The number of allylic oxidation sites excluding steroid dienone is 1. The summed E-state index contributed by atoms with van der Waals surface area (Å²) < 4.78 is 27.9. The largest absolute Gasteiger partial charge is 0.491 e. The van der Waals surface area contributed by atoms with Gasteiger partial charge in [-0.3, -0.25) is 20.2 Å². The summed E-state index contributed by atoms with van der Waals surface area (Å²) in [6.07, 6.45) is 15.2. The van der Waals surface area contributed by atoms with Crippen LogP contribution in [-0.4, -0.2) is 76.2 Å². The molecule has 0 aliphatic carbocycles. The minimum absolute atomic E-state index is 0.0440. The van der Waals surface area contributed by atoms with Gasteiger partial charge >= 0.3 is 19.1 Å². The second-order valence-electron chi connectivity index (χ2n) is 12.4. The fraction of sp³-hybridized carbons (Fsp3) is 0.618. The van der Waals surface area contributed by atoms with Crippen LogP contribution in [0.4, 0.5) is 8.78 Å². The van der Waals surface area contributed by atoms with Gasteiger partial charge in [-0.05, 0) is 38.2 Å². The Labute approximate surface area is 298 Å². The molecule has 0 bridgehead atoms. The van der Waals surface area contributed by atoms with E-state index in [4.69, 9.17) is 21.0 Å². The molecule has 286 valence electrons. The smallest absolute Gasteiger partial charge is 0.480 e. The third-order valence-corrected chi connectivity index (χ3v) is 8.23. The Morgan fingerprint density at radius 3 is 1.80 bits per heavy atom. The van der Waals surface area contributed by atoms with Crippen LogP contribution in [0.3, 0.4) is 0 Å². The fourth-order valence-corrected chi connectivity index (χ4v) is 5.26. The van der Waals surface area contributed by atoms with Gasteiger partial charge in [-0.15, -0.1) is 0 Å². The molecule has 10 N–H and O–H groups in total. The molecule has 1 atom stereocenters. The number of benzene rings is 1. The van der Waals surface area contributed by atoms with Crippen molar-refractivity contribution in [2.75, 3.05) is 13.1 Å². The molecule has 1 aromatic rings. The summed E-state index contributed by atoms with van der Waals surface area (Å²) in [5, 5.41) is 44.0. The third-order valence-electron chi connectivity index (χ3n) is 8.23. The number of hydrazine groups is 1. The number of amides is 3. The van der Waals surface area contributed by atoms with Crippen LogP contribution in [0.2, 0.25) is 0 Å². The number of carbonyl (C=O) groups excluding carboxylic acids is 3. The minimum atomic E-state index is -2.17. The Kier molecular flexibility index (Phi) is 23.5. The van der Waals surface area contributed by atoms with Crippen LogP contribution in [0, 0.1) is 11.6 Å². The van der Waals surface area contributed by atoms with Gasteiger partial charge in [-0.2, -0.15) is 0 Å². The first-order valence-electron chi connectivity index (χ1n) is 17.7. The number of rotatable bonds is 29. The topological polar surface area (TPSA) is 240 Å². The van der Waals surface area contributed by atoms with E-state index < -0.39 is 53.7 Å². The maximum Gasteiger partial charge on any atom is 0.491 e. The summed E-state index contributed by atoms with van der Waals surface area (Å²) in [6, 6.07) is 0.834. The lowest BCUT2D eigenvalue weighted by Crippen LogP contribution is -2.41. The number of carbonyl (C=O) groups is 5. The predicted molar refractivity (Wildman–Crippen MR) is 187 cm³/mol. The number of nitrogens with one attached hydrogen (secondary N) is 4. The van der Waals surface area contributed by atoms with Crippen molar-refractivity contribution in [3.05, 3.63) is 41.1 Å². The standard InChI is InChI=1S/C34H54BF2N5O9/c36-30-24(18-19-25(31(30)37)35(50)51)32(45)40-23-14-11-9-7-5-3-1-2-4-6-8-10-12-17-29(44)41-26(33(46)47)20-21-28(43)39-22-15-13-16-27(42-38)34(48)49/h16,18-19,26,42,50-51H,1-15,17,20-23,38H2,(H,39,43)(H,40,45)(H,41,44)(H,46,47)(H,48,49)/b27-16+/t26-/m0/s1. The van der Waals surface area contributed by atoms with Gasteiger partial charge in [-0.1, -0.05) is 82.8 Å². The van der Waals surface area contributed by atoms with E-state index in [0.717, 1.165) is 82.8 Å². The van der Waals surface area contributed by atoms with Crippen LogP contribution in [0.1, 0.15) is 126 Å². The van der Waals surface area contributed by atoms with Gasteiger partial charge in [-0.25, -0.2) is 18.4 Å². The highest BCUT2D eigenvalue weighted by molar-refractivity contribution is 6.58. The Balaban J connectivity index is 2.01. The molecule has 0 spiro atoms. The lowest BCUT2D eigenvalue weighted by Gasteiger charge is -2.14. The number of aliphatic carboxylic acids is 2. The van der Waals surface area contributed by atoms with Crippen molar-refractivity contribution in [3.8, 4) is 0 Å². The molecule has 0 radical (unpaired) electrons. The number of unbranched alkanes of at least 4 members (excludes halogenated alkanes) is 13. The van der Waals surface area contributed by atoms with Gasteiger partial charge in [0.05, 0.1) is 5.56 Å². The first-order chi connectivity index (χ1) is 24.4. The van der Waals surface area contributed by atoms with Crippen molar-refractivity contribution in [2.24, 2.45) is 5.84 Å². The molecular weight excluding hydrogens is 671 g/mol. The quantitative estimate of drug-likeness (QED) is 0.0191. The van der Waals surface area contributed by atoms with E-state index >= 15 is 0 Å². The van der Waals surface area contributed by atoms with Crippen molar-refractivity contribution in [1.82, 2.24) is 21.4 Å². The molecule has 0 aliphatic heterocycles. The SMILES string of the molecule is NN/C(=C/CCCNC(=O)CC[C@H](NC(=O)CCCCCCCCCCCCCCCNC(=O)c1ccc(B(O)O)c(F)c1F)C(=O)O)C(=O)O. The van der Waals surface area contributed by atoms with Crippen molar-refractivity contribution in [3.63, 3.8) is 0 Å². The maximum atomic E-state index is 14.0. The maximum absolute atomic E-state index is 14.0. The molecule has 0 aliphatic rings. The highest BCUT2D eigenvalue weighted by Gasteiger charge is 2.24. The third kappa shape index (κ3) is 19.8. The van der Waals surface area contributed by atoms with Crippen LogP contribution in [0.5, 0.6) is 0 Å². The fourth-order valence-electron chi connectivity index (χ4n) is 5.26. The van der Waals surface area contributed by atoms with Crippen molar-refractivity contribution in [1.29, 1.82) is 0 Å². The first-order valence-corrected chi connectivity index (χ1v) is 17.7. The molecule has 0 fully saturated rings. The molecule has 0 saturated carbocycles. The summed E-state index contributed by atoms with van der Waals surface area (Å²) in [6.45, 7) is 0.607. The second-order valence-corrected chi connectivity index (χ2v) is 12.4. The monoisotopic (exact) mass is 725 g/mol. The minimum Gasteiger partial charge on any atom is -0.480 e. The molecule has 0 heterocycles. The summed E-state index contributed by atoms with van der Waals surface area (Å²) in [4.78, 5) is 58.8. The normalized spacial score (nSPS) is 11.8. The van der Waals surface area contributed by atoms with Crippen LogP contribution >= 0.6 is 0 Å². The van der Waals surface area contributed by atoms with Crippen molar-refractivity contribution in [2.45, 2.75) is 122 Å². The average Bonchev–Trinajstić information content (AvgIpc) is 3.08. The van der Waals surface area contributed by atoms with E-state index in [1.165, 1.54) is 6.08 Å². The van der Waals surface area contributed by atoms with Gasteiger partial charge in [0.1, 0.15) is 11.7 Å². The molecule has 1 aromatic carbocycles. The lowest BCUT2D eigenvalue weighted by molar-refractivity contribution is -0.142. The van der Waals surface area contributed by atoms with Crippen LogP contribution < -0.4 is 32.7 Å². The van der Waals surface area contributed by atoms with E-state index in [9.17, 15) is 37.9 Å². The molecular formula is C34H54BF2N5O9. The van der Waals surface area contributed by atoms with Crippen LogP contribution in [0.15, 0.2) is 23.9 Å². The zero-order chi connectivity index (χ0) is 38.0. The highest BCUT2D eigenvalue weighted by atomic mass is 19.2. The number of nitrogens with two attached hydrogens (primary N) is 1. The molecule has 1 rings (SSSR count). The first kappa shape index (κ1) is 44.9. The average molecular weight is 726 g/mol. The lowest BCUT2D eigenvalue weighted by atomic mass is 9.79. The van der Waals surface area contributed by atoms with E-state index in [1.807, 2.05) is 0 Å². The van der Waals surface area contributed by atoms with Gasteiger partial charge < -0.3 is 41.6 Å². The predicted octanol–water partition coefficient (Wildman–Crippen LogP) is 2.51. The Morgan fingerprint density at radius 2 is 1.27 bits per heavy atom. The molecule has 51 heavy (non-hydrogen) atoms. The van der Waals surface area contributed by atoms with E-state index in [0.29, 0.717) is 32.2 Å². The van der Waals surface area contributed by atoms with Crippen LogP contribution in [-0.2, 0) is 19.2 Å². The summed E-state index contributed by atoms with van der Waals surface area (Å²) in [5.41, 5.74) is 0.809. The Hall–Kier alpha value is -4.09.